The summed E-state index contributed by atoms with van der Waals surface area (Å²) in [6.45, 7) is 5.11. The number of ether oxygens (including phenoxy) is 1. The molecule has 20 heavy (non-hydrogen) atoms. The molecule has 0 saturated heterocycles. The zero-order valence-corrected chi connectivity index (χ0v) is 14.5. The maximum Gasteiger partial charge on any atom is 0.233 e. The van der Waals surface area contributed by atoms with E-state index in [1.54, 1.807) is 30.2 Å². The molecule has 1 amide bonds. The third-order valence-electron chi connectivity index (χ3n) is 2.36. The van der Waals surface area contributed by atoms with E-state index in [2.05, 4.69) is 22.4 Å². The largest absolute Gasteiger partial charge is 0.383 e. The van der Waals surface area contributed by atoms with Crippen molar-refractivity contribution < 1.29 is 9.53 Å². The molecule has 0 aliphatic rings. The summed E-state index contributed by atoms with van der Waals surface area (Å²) < 4.78 is 6.72. The highest BCUT2D eigenvalue weighted by atomic mass is 32.2. The molecule has 0 fully saturated rings. The van der Waals surface area contributed by atoms with Gasteiger partial charge in [-0.05, 0) is 13.3 Å². The fourth-order valence-electron chi connectivity index (χ4n) is 1.23. The molecule has 0 radical (unpaired) electrons. The molecule has 1 N–H and O–H groups in total. The van der Waals surface area contributed by atoms with Crippen molar-refractivity contribution in [1.29, 1.82) is 0 Å². The van der Waals surface area contributed by atoms with E-state index in [1.807, 2.05) is 6.92 Å². The molecule has 1 rings (SSSR count). The van der Waals surface area contributed by atoms with E-state index in [4.69, 9.17) is 4.74 Å². The Kier molecular flexibility index (Phi) is 9.24. The second-order valence-electron chi connectivity index (χ2n) is 4.08. The maximum atomic E-state index is 11.8. The SMILES string of the molecule is CCCCSc1nnc(S[C@H](C)C(=O)NCCOC)s1. The molecule has 1 heterocycles. The Balaban J connectivity index is 2.34. The van der Waals surface area contributed by atoms with Gasteiger partial charge in [0.1, 0.15) is 0 Å². The molecule has 0 aliphatic heterocycles. The van der Waals surface area contributed by atoms with Gasteiger partial charge in [0.25, 0.3) is 0 Å². The van der Waals surface area contributed by atoms with Crippen LogP contribution in [0.4, 0.5) is 0 Å². The Morgan fingerprint density at radius 2 is 2.20 bits per heavy atom. The lowest BCUT2D eigenvalue weighted by Crippen LogP contribution is -2.33. The first kappa shape index (κ1) is 17.7. The number of hydrogen-bond acceptors (Lipinski definition) is 7. The highest BCUT2D eigenvalue weighted by Crippen LogP contribution is 2.31. The summed E-state index contributed by atoms with van der Waals surface area (Å²) >= 11 is 4.74. The van der Waals surface area contributed by atoms with Crippen molar-refractivity contribution in [2.75, 3.05) is 26.0 Å². The molecule has 0 unspecified atom stereocenters. The minimum atomic E-state index is -0.173. The fraction of sp³-hybridized carbons (Fsp3) is 0.750. The summed E-state index contributed by atoms with van der Waals surface area (Å²) in [5, 5.41) is 10.9. The molecule has 0 bridgehead atoms. The lowest BCUT2D eigenvalue weighted by Gasteiger charge is -2.09. The third kappa shape index (κ3) is 6.92. The fourth-order valence-corrected chi connectivity index (χ4v) is 4.57. The predicted octanol–water partition coefficient (Wildman–Crippen LogP) is 2.67. The van der Waals surface area contributed by atoms with Gasteiger partial charge in [0.15, 0.2) is 8.68 Å². The molecular formula is C12H21N3O2S3. The predicted molar refractivity (Wildman–Crippen MR) is 85.7 cm³/mol. The van der Waals surface area contributed by atoms with Crippen LogP contribution in [0.25, 0.3) is 0 Å². The topological polar surface area (TPSA) is 64.1 Å². The Labute approximate surface area is 132 Å². The molecule has 0 saturated carbocycles. The van der Waals surface area contributed by atoms with E-state index in [9.17, 15) is 4.79 Å². The van der Waals surface area contributed by atoms with Crippen LogP contribution in [-0.2, 0) is 9.53 Å². The van der Waals surface area contributed by atoms with Crippen LogP contribution in [0.1, 0.15) is 26.7 Å². The molecule has 0 spiro atoms. The minimum absolute atomic E-state index is 0.00226. The van der Waals surface area contributed by atoms with E-state index in [0.29, 0.717) is 13.2 Å². The highest BCUT2D eigenvalue weighted by molar-refractivity contribution is 8.03. The van der Waals surface area contributed by atoms with E-state index in [0.717, 1.165) is 14.4 Å². The van der Waals surface area contributed by atoms with E-state index in [-0.39, 0.29) is 11.2 Å². The van der Waals surface area contributed by atoms with Crippen LogP contribution in [0.5, 0.6) is 0 Å². The monoisotopic (exact) mass is 335 g/mol. The van der Waals surface area contributed by atoms with Gasteiger partial charge in [-0.25, -0.2) is 0 Å². The number of thioether (sulfide) groups is 2. The zero-order valence-electron chi connectivity index (χ0n) is 12.0. The van der Waals surface area contributed by atoms with Gasteiger partial charge in [0, 0.05) is 19.4 Å². The molecule has 1 aromatic heterocycles. The Hall–Kier alpha value is -0.310. The van der Waals surface area contributed by atoms with Crippen molar-refractivity contribution in [3.8, 4) is 0 Å². The molecular weight excluding hydrogens is 314 g/mol. The van der Waals surface area contributed by atoms with Gasteiger partial charge in [-0.15, -0.1) is 10.2 Å². The van der Waals surface area contributed by atoms with Gasteiger partial charge < -0.3 is 10.1 Å². The molecule has 1 aromatic rings. The average Bonchev–Trinajstić information content (AvgIpc) is 2.86. The van der Waals surface area contributed by atoms with Gasteiger partial charge in [0.2, 0.25) is 5.91 Å². The van der Waals surface area contributed by atoms with Crippen molar-refractivity contribution in [1.82, 2.24) is 15.5 Å². The first-order chi connectivity index (χ1) is 9.67. The first-order valence-corrected chi connectivity index (χ1v) is 9.25. The van der Waals surface area contributed by atoms with Crippen molar-refractivity contribution in [2.45, 2.75) is 40.6 Å². The lowest BCUT2D eigenvalue weighted by atomic mass is 10.4. The first-order valence-electron chi connectivity index (χ1n) is 6.57. The Morgan fingerprint density at radius 3 is 2.90 bits per heavy atom. The summed E-state index contributed by atoms with van der Waals surface area (Å²) in [5.74, 6) is 1.07. The summed E-state index contributed by atoms with van der Waals surface area (Å²) in [7, 11) is 1.61. The quantitative estimate of drug-likeness (QED) is 0.524. The van der Waals surface area contributed by atoms with Crippen LogP contribution in [0.15, 0.2) is 8.68 Å². The summed E-state index contributed by atoms with van der Waals surface area (Å²) in [5.41, 5.74) is 0. The number of nitrogens with one attached hydrogen (secondary N) is 1. The van der Waals surface area contributed by atoms with Gasteiger partial charge in [0.05, 0.1) is 11.9 Å². The summed E-state index contributed by atoms with van der Waals surface area (Å²) in [6, 6.07) is 0. The number of aromatic nitrogens is 2. The zero-order chi connectivity index (χ0) is 14.8. The van der Waals surface area contributed by atoms with Crippen molar-refractivity contribution in [3.05, 3.63) is 0 Å². The van der Waals surface area contributed by atoms with Crippen molar-refractivity contribution in [3.63, 3.8) is 0 Å². The van der Waals surface area contributed by atoms with E-state index in [1.165, 1.54) is 24.6 Å². The maximum absolute atomic E-state index is 11.8. The second-order valence-corrected chi connectivity index (χ2v) is 7.99. The number of nitrogens with zero attached hydrogens (tertiary/aromatic N) is 2. The molecule has 1 atom stereocenters. The van der Waals surface area contributed by atoms with Crippen LogP contribution >= 0.6 is 34.9 Å². The normalized spacial score (nSPS) is 12.3. The van der Waals surface area contributed by atoms with Gasteiger partial charge in [-0.1, -0.05) is 48.2 Å². The number of unbranched alkanes of at least 4 members (excludes halogenated alkanes) is 1. The van der Waals surface area contributed by atoms with Crippen molar-refractivity contribution >= 4 is 40.8 Å². The van der Waals surface area contributed by atoms with Crippen LogP contribution < -0.4 is 5.32 Å². The smallest absolute Gasteiger partial charge is 0.233 e. The Bertz CT molecular complexity index is 401. The highest BCUT2D eigenvalue weighted by Gasteiger charge is 2.16. The van der Waals surface area contributed by atoms with Crippen LogP contribution in [-0.4, -0.2) is 47.4 Å². The van der Waals surface area contributed by atoms with Crippen LogP contribution in [0.2, 0.25) is 0 Å². The second kappa shape index (κ2) is 10.4. The van der Waals surface area contributed by atoms with Gasteiger partial charge in [-0.3, -0.25) is 4.79 Å². The number of rotatable bonds is 10. The average molecular weight is 336 g/mol. The van der Waals surface area contributed by atoms with Crippen molar-refractivity contribution in [2.24, 2.45) is 0 Å². The van der Waals surface area contributed by atoms with E-state index < -0.39 is 0 Å². The molecule has 5 nitrogen and oxygen atoms in total. The number of carbonyl (C=O) groups is 1. The third-order valence-corrected chi connectivity index (χ3v) is 5.69. The molecule has 114 valence electrons. The lowest BCUT2D eigenvalue weighted by molar-refractivity contribution is -0.120. The van der Waals surface area contributed by atoms with Crippen LogP contribution in [0.3, 0.4) is 0 Å². The standard InChI is InChI=1S/C12H21N3O2S3/c1-4-5-8-18-11-14-15-12(20-11)19-9(2)10(16)13-6-7-17-3/h9H,4-8H2,1-3H3,(H,13,16)/t9-/m1/s1. The number of methoxy groups -OCH3 is 1. The van der Waals surface area contributed by atoms with Gasteiger partial charge in [-0.2, -0.15) is 0 Å². The number of hydrogen-bond donors (Lipinski definition) is 1. The van der Waals surface area contributed by atoms with E-state index >= 15 is 0 Å². The van der Waals surface area contributed by atoms with Crippen LogP contribution in [0, 0.1) is 0 Å². The summed E-state index contributed by atoms with van der Waals surface area (Å²) in [6.07, 6.45) is 2.37. The molecule has 0 aliphatic carbocycles. The summed E-state index contributed by atoms with van der Waals surface area (Å²) in [4.78, 5) is 11.8. The molecule has 8 heteroatoms. The van der Waals surface area contributed by atoms with Gasteiger partial charge >= 0.3 is 0 Å². The minimum Gasteiger partial charge on any atom is -0.383 e. The number of amides is 1. The number of carbonyl (C=O) groups excluding carboxylic acids is 1. The molecule has 0 aromatic carbocycles. The Morgan fingerprint density at radius 1 is 1.45 bits per heavy atom.